The summed E-state index contributed by atoms with van der Waals surface area (Å²) in [6, 6.07) is 182. The topological polar surface area (TPSA) is 55.4 Å². The van der Waals surface area contributed by atoms with Crippen LogP contribution in [0, 0.1) is 24.3 Å². The predicted molar refractivity (Wildman–Crippen MR) is 560 cm³/mol. The largest absolute Gasteiger partial charge is 0.319 e. The van der Waals surface area contributed by atoms with Crippen LogP contribution in [0.25, 0.3) is 183 Å². The van der Waals surface area contributed by atoms with Crippen LogP contribution in [-0.2, 0) is 59.9 Å². The molecular weight excluding hydrogens is 2050 g/mol. The zero-order valence-corrected chi connectivity index (χ0v) is 79.5. The summed E-state index contributed by atoms with van der Waals surface area (Å²) in [5, 5.41) is 4.43. The van der Waals surface area contributed by atoms with Crippen LogP contribution in [-0.4, -0.2) is 37.4 Å². The molecule has 2 aliphatic rings. The van der Waals surface area contributed by atoms with E-state index in [1.54, 1.807) is 6.33 Å². The maximum Gasteiger partial charge on any atom is 0.188 e. The molecule has 0 saturated carbocycles. The first-order chi connectivity index (χ1) is 69.1. The average Bonchev–Trinajstić information content (AvgIpc) is 1.53. The average molecular weight is 2140 g/mol. The molecule has 19 aromatic carbocycles. The van der Waals surface area contributed by atoms with Crippen LogP contribution in [0.15, 0.2) is 492 Å². The number of fused-ring (bicyclic) bond motifs is 14. The van der Waals surface area contributed by atoms with Crippen LogP contribution in [0.3, 0.4) is 0 Å². The Morgan fingerprint density at radius 1 is 0.245 bits per heavy atom. The van der Waals surface area contributed by atoms with Gasteiger partial charge < -0.3 is 9.13 Å². The molecule has 0 amide bonds. The van der Waals surface area contributed by atoms with Gasteiger partial charge >= 0.3 is 0 Å². The van der Waals surface area contributed by atoms with E-state index in [9.17, 15) is 0 Å². The number of pyridine rings is 2. The van der Waals surface area contributed by atoms with Gasteiger partial charge in [0.05, 0.1) is 0 Å². The fraction of sp³-hybridized carbons (Fsp3) is 0.0233. The molecular formula is C129H84N8Pt2-2. The van der Waals surface area contributed by atoms with Crippen molar-refractivity contribution in [3.63, 3.8) is 0 Å². The molecule has 0 saturated heterocycles. The molecule has 0 bridgehead atoms. The number of benzene rings is 19. The number of aromatic nitrogens is 8. The number of hydrogen-bond donors (Lipinski definition) is 0. The zero-order valence-electron chi connectivity index (χ0n) is 78.0. The van der Waals surface area contributed by atoms with Gasteiger partial charge in [0.15, 0.2) is 34.7 Å². The number of imidazole rings is 2. The first-order valence-corrected chi connectivity index (χ1v) is 46.5. The molecule has 25 aromatic rings. The molecule has 2 aliphatic carbocycles. The monoisotopic (exact) mass is 2140 g/mol. The summed E-state index contributed by atoms with van der Waals surface area (Å²) in [4.78, 5) is 10.4. The smallest absolute Gasteiger partial charge is 0.188 e. The molecule has 0 atom stereocenters. The van der Waals surface area contributed by atoms with Crippen molar-refractivity contribution in [2.24, 2.45) is 6.98 Å². The molecule has 0 aliphatic heterocycles. The molecule has 662 valence electrons. The van der Waals surface area contributed by atoms with Crippen LogP contribution < -0.4 is 0 Å². The molecule has 6 aromatic heterocycles. The Balaban J connectivity index is 0.000000151. The Hall–Kier alpha value is -16.6. The van der Waals surface area contributed by atoms with E-state index in [0.717, 1.165) is 189 Å². The number of rotatable bonds is 15. The molecule has 0 N–H and O–H groups in total. The minimum Gasteiger partial charge on any atom is -0.319 e. The first kappa shape index (κ1) is 81.9. The second kappa shape index (κ2) is 35.3. The Morgan fingerprint density at radius 2 is 0.554 bits per heavy atom. The molecule has 139 heavy (non-hydrogen) atoms. The number of aryl methyl sites for hydroxylation is 1. The summed E-state index contributed by atoms with van der Waals surface area (Å²) < 4.78 is 37.7. The van der Waals surface area contributed by atoms with E-state index in [2.05, 4.69) is 486 Å². The standard InChI is InChI=1S/C67H43N4.C62H41N4.2Pt/c1-4-20-46(21-5-1)53-31-19-32-54(47-22-6-2-7-23-47)66(53)48-40-41-68-65(42-48)71-61-35-15-12-30-57(61)58-39-38-50(44-64(58)71)67(59-33-13-10-28-55(59)56-29-11-14-34-60(56)67)49-24-18-27-52(43-49)70-45-69(51-25-8-3-9-26-51)62-36-16-17-37-63(62)70;1-64-41-65(58-33-15-14-32-57(58)64)47-23-16-22-45(39-47)62(54-29-11-8-24-50(54)51-25-9-12-30-55(51)62)46-34-35-53-52-26-10-13-31-56(52)66(59(53)40-46)60-38-44(36-37-63-60)61-48(42-18-4-2-5-19-42)27-17-28-49(61)43-20-6-3-7-21-43;;/h1-42,45H;2-38,41H,1H3;;/q2*-1;;/i;1D3;;. The maximum absolute atomic E-state index is 8.41. The van der Waals surface area contributed by atoms with Crippen molar-refractivity contribution in [1.29, 1.82) is 0 Å². The van der Waals surface area contributed by atoms with E-state index in [1.807, 2.05) is 47.3 Å². The van der Waals surface area contributed by atoms with Gasteiger partial charge in [0.1, 0.15) is 17.3 Å². The normalized spacial score (nSPS) is 12.9. The molecule has 6 heterocycles. The fourth-order valence-electron chi connectivity index (χ4n) is 22.2. The Labute approximate surface area is 839 Å². The third-order valence-corrected chi connectivity index (χ3v) is 28.1. The first-order valence-electron chi connectivity index (χ1n) is 48.0. The summed E-state index contributed by atoms with van der Waals surface area (Å²) >= 11 is 0. The van der Waals surface area contributed by atoms with Crippen LogP contribution in [0.2, 0.25) is 0 Å². The molecule has 0 unspecified atom stereocenters. The maximum atomic E-state index is 8.41. The van der Waals surface area contributed by atoms with E-state index in [4.69, 9.17) is 14.1 Å². The zero-order chi connectivity index (χ0) is 93.2. The molecule has 0 fully saturated rings. The van der Waals surface area contributed by atoms with Gasteiger partial charge in [0.25, 0.3) is 0 Å². The van der Waals surface area contributed by atoms with Gasteiger partial charge in [0.2, 0.25) is 0 Å². The van der Waals surface area contributed by atoms with Crippen molar-refractivity contribution in [3.8, 4) is 118 Å². The second-order valence-electron chi connectivity index (χ2n) is 35.3. The molecule has 0 spiro atoms. The summed E-state index contributed by atoms with van der Waals surface area (Å²) in [6.07, 6.45) is 7.76. The minimum absolute atomic E-state index is 0. The van der Waals surface area contributed by atoms with Crippen molar-refractivity contribution in [2.75, 3.05) is 0 Å². The quantitative estimate of drug-likeness (QED) is 0.0961. The Morgan fingerprint density at radius 3 is 0.950 bits per heavy atom. The predicted octanol–water partition coefficient (Wildman–Crippen LogP) is 30.9. The van der Waals surface area contributed by atoms with Crippen LogP contribution in [0.4, 0.5) is 0 Å². The Kier molecular flexibility index (Phi) is 20.8. The van der Waals surface area contributed by atoms with Gasteiger partial charge in [-0.15, -0.1) is 51.2 Å². The third kappa shape index (κ3) is 13.9. The van der Waals surface area contributed by atoms with E-state index >= 15 is 0 Å². The molecule has 8 nitrogen and oxygen atoms in total. The summed E-state index contributed by atoms with van der Waals surface area (Å²) in [7, 11) is 0. The molecule has 27 rings (SSSR count). The summed E-state index contributed by atoms with van der Waals surface area (Å²) in [6.45, 7) is -2.38. The van der Waals surface area contributed by atoms with Crippen LogP contribution in [0.5, 0.6) is 0 Å². The molecule has 10 heteroatoms. The van der Waals surface area contributed by atoms with E-state index < -0.39 is 17.8 Å². The number of para-hydroxylation sites is 7. The van der Waals surface area contributed by atoms with Crippen molar-refractivity contribution in [2.45, 2.75) is 10.8 Å². The van der Waals surface area contributed by atoms with Crippen LogP contribution in [0.1, 0.15) is 48.6 Å². The van der Waals surface area contributed by atoms with E-state index in [0.29, 0.717) is 5.52 Å². The van der Waals surface area contributed by atoms with Crippen molar-refractivity contribution >= 4 is 65.7 Å². The molecule has 0 radical (unpaired) electrons. The number of hydrogen-bond acceptors (Lipinski definition) is 2. The van der Waals surface area contributed by atoms with Gasteiger partial charge in [-0.2, -0.15) is 65.2 Å². The third-order valence-electron chi connectivity index (χ3n) is 28.1. The van der Waals surface area contributed by atoms with Crippen LogP contribution >= 0.6 is 0 Å². The SMILES string of the molecule is [2H]C([2H])([2H])n1[cH+]n(-c2[c-]c(C3(c4[c-]c5c(cc4)c4ccccc4n5-c4cc(-c5c(-c6ccccc6)cccc5-c5ccccc5)ccn4)c4ccccc4-c4ccccc43)ccc2)c2ccccc21.[Pt].[Pt].[c-]1c(-n2[cH+]n(-c3ccccc3)c3ccccc32)cccc1C1(c2[c-]c3c(cc2)c2ccccc2n3-c2cc(-c3c(-c4ccccc4)cccc3-c3ccccc3)ccn2)c2ccccc2-c2ccccc21. The summed E-state index contributed by atoms with van der Waals surface area (Å²) in [5.74, 6) is 1.61. The van der Waals surface area contributed by atoms with Gasteiger partial charge in [-0.25, -0.2) is 23.7 Å². The number of nitrogens with zero attached hydrogens (tertiary/aromatic N) is 8. The van der Waals surface area contributed by atoms with E-state index in [1.165, 1.54) is 37.9 Å². The minimum atomic E-state index is -2.38. The second-order valence-corrected chi connectivity index (χ2v) is 35.3. The van der Waals surface area contributed by atoms with Gasteiger partial charge in [0, 0.05) is 123 Å². The van der Waals surface area contributed by atoms with Gasteiger partial charge in [-0.3, -0.25) is 0 Å². The summed E-state index contributed by atoms with van der Waals surface area (Å²) in [5.41, 5.74) is 35.7. The van der Waals surface area contributed by atoms with Crippen molar-refractivity contribution < 1.29 is 46.2 Å². The Bertz CT molecular complexity index is 9000. The van der Waals surface area contributed by atoms with Crippen molar-refractivity contribution in [1.82, 2.24) is 37.4 Å². The fourth-order valence-corrected chi connectivity index (χ4v) is 22.2. The van der Waals surface area contributed by atoms with E-state index in [-0.39, 0.29) is 42.1 Å². The van der Waals surface area contributed by atoms with Gasteiger partial charge in [-0.05, 0) is 183 Å². The van der Waals surface area contributed by atoms with Crippen molar-refractivity contribution in [3.05, 3.63) is 561 Å². The van der Waals surface area contributed by atoms with Gasteiger partial charge in [-0.1, -0.05) is 339 Å².